The minimum Gasteiger partial charge on any atom is -0.450 e. The molecule has 0 saturated carbocycles. The van der Waals surface area contributed by atoms with Crippen LogP contribution in [0.3, 0.4) is 0 Å². The molecule has 1 rings (SSSR count). The van der Waals surface area contributed by atoms with E-state index in [0.29, 0.717) is 25.7 Å². The van der Waals surface area contributed by atoms with Crippen molar-refractivity contribution in [3.63, 3.8) is 0 Å². The number of nitrogens with two attached hydrogens (primary N) is 2. The highest BCUT2D eigenvalue weighted by Gasteiger charge is 2.35. The van der Waals surface area contributed by atoms with Crippen molar-refractivity contribution in [1.82, 2.24) is 16.0 Å². The van der Waals surface area contributed by atoms with Gasteiger partial charge in [0.05, 0.1) is 12.6 Å². The van der Waals surface area contributed by atoms with E-state index in [4.69, 9.17) is 16.2 Å². The second-order valence-corrected chi connectivity index (χ2v) is 9.11. The lowest BCUT2D eigenvalue weighted by Gasteiger charge is -2.31. The van der Waals surface area contributed by atoms with Crippen LogP contribution in [0.25, 0.3) is 0 Å². The van der Waals surface area contributed by atoms with E-state index >= 15 is 0 Å². The molecule has 0 unspecified atom stereocenters. The summed E-state index contributed by atoms with van der Waals surface area (Å²) in [5.74, 6) is -1.12. The Hall–Kier alpha value is -3.63. The van der Waals surface area contributed by atoms with E-state index in [1.165, 1.54) is 0 Å². The van der Waals surface area contributed by atoms with Crippen LogP contribution in [0.2, 0.25) is 0 Å². The number of carbonyl (C=O) groups excluding carboxylic acids is 4. The smallest absolute Gasteiger partial charge is 0.407 e. The Morgan fingerprint density at radius 3 is 2.26 bits per heavy atom. The third-order valence-electron chi connectivity index (χ3n) is 5.04. The third kappa shape index (κ3) is 11.4. The summed E-state index contributed by atoms with van der Waals surface area (Å²) in [6.45, 7) is 7.49. The molecule has 11 heteroatoms. The summed E-state index contributed by atoms with van der Waals surface area (Å²) in [4.78, 5) is 53.7. The molecule has 0 fully saturated rings. The van der Waals surface area contributed by atoms with Crippen LogP contribution in [0, 0.1) is 5.41 Å². The molecule has 35 heavy (non-hydrogen) atoms. The van der Waals surface area contributed by atoms with Crippen LogP contribution in [0.4, 0.5) is 4.79 Å². The number of amides is 3. The van der Waals surface area contributed by atoms with Crippen molar-refractivity contribution in [1.29, 1.82) is 0 Å². The topological polar surface area (TPSA) is 178 Å². The highest BCUT2D eigenvalue weighted by Crippen LogP contribution is 2.20. The number of alkyl carbamates (subject to hydrolysis) is 1. The van der Waals surface area contributed by atoms with Crippen LogP contribution in [0.1, 0.15) is 46.1 Å². The second kappa shape index (κ2) is 14.6. The van der Waals surface area contributed by atoms with Gasteiger partial charge in [0, 0.05) is 13.0 Å². The van der Waals surface area contributed by atoms with Gasteiger partial charge in [0.25, 0.3) is 0 Å². The molecule has 0 aliphatic rings. The van der Waals surface area contributed by atoms with Crippen LogP contribution < -0.4 is 27.4 Å². The summed E-state index contributed by atoms with van der Waals surface area (Å²) >= 11 is 0. The number of guanidine groups is 1. The van der Waals surface area contributed by atoms with Gasteiger partial charge in [0.2, 0.25) is 11.8 Å². The van der Waals surface area contributed by atoms with Crippen molar-refractivity contribution in [2.24, 2.45) is 21.9 Å². The number of nitrogens with one attached hydrogen (secondary N) is 3. The molecule has 3 atom stereocenters. The fourth-order valence-electron chi connectivity index (χ4n) is 3.26. The number of rotatable bonds is 13. The molecule has 194 valence electrons. The van der Waals surface area contributed by atoms with Crippen LogP contribution in [-0.2, 0) is 25.5 Å². The first kappa shape index (κ1) is 29.4. The number of nitrogens with zero attached hydrogens (tertiary/aromatic N) is 1. The molecule has 0 saturated heterocycles. The number of carbonyl (C=O) groups is 4. The number of benzene rings is 1. The van der Waals surface area contributed by atoms with Gasteiger partial charge in [-0.05, 0) is 30.7 Å². The predicted octanol–water partition coefficient (Wildman–Crippen LogP) is 0.612. The lowest BCUT2D eigenvalue weighted by atomic mass is 9.86. The molecule has 0 aliphatic heterocycles. The Balaban J connectivity index is 3.02. The van der Waals surface area contributed by atoms with Gasteiger partial charge in [0.15, 0.2) is 5.96 Å². The van der Waals surface area contributed by atoms with Gasteiger partial charge in [-0.1, -0.05) is 51.1 Å². The molecule has 0 radical (unpaired) electrons. The molecule has 0 spiro atoms. The third-order valence-corrected chi connectivity index (χ3v) is 5.04. The van der Waals surface area contributed by atoms with E-state index in [1.54, 1.807) is 27.7 Å². The van der Waals surface area contributed by atoms with Gasteiger partial charge in [-0.3, -0.25) is 14.6 Å². The van der Waals surface area contributed by atoms with E-state index in [1.807, 2.05) is 30.3 Å². The maximum Gasteiger partial charge on any atom is 0.407 e. The van der Waals surface area contributed by atoms with Crippen molar-refractivity contribution in [2.45, 2.75) is 65.1 Å². The highest BCUT2D eigenvalue weighted by atomic mass is 16.5. The van der Waals surface area contributed by atoms with Gasteiger partial charge in [0.1, 0.15) is 18.4 Å². The van der Waals surface area contributed by atoms with Crippen molar-refractivity contribution in [2.75, 3.05) is 13.2 Å². The van der Waals surface area contributed by atoms with Gasteiger partial charge in [-0.2, -0.15) is 0 Å². The highest BCUT2D eigenvalue weighted by molar-refractivity contribution is 5.92. The molecule has 0 aliphatic carbocycles. The first-order valence-corrected chi connectivity index (χ1v) is 11.6. The number of aliphatic imine (C=N–C) groups is 1. The Morgan fingerprint density at radius 2 is 1.71 bits per heavy atom. The summed E-state index contributed by atoms with van der Waals surface area (Å²) < 4.78 is 4.92. The Bertz CT molecular complexity index is 865. The number of hydrogen-bond acceptors (Lipinski definition) is 6. The fourth-order valence-corrected chi connectivity index (χ4v) is 3.26. The van der Waals surface area contributed by atoms with Crippen LogP contribution in [0.15, 0.2) is 35.3 Å². The van der Waals surface area contributed by atoms with Gasteiger partial charge in [-0.15, -0.1) is 0 Å². The van der Waals surface area contributed by atoms with Crippen molar-refractivity contribution in [3.05, 3.63) is 35.9 Å². The lowest BCUT2D eigenvalue weighted by molar-refractivity contribution is -0.132. The monoisotopic (exact) mass is 490 g/mol. The lowest BCUT2D eigenvalue weighted by Crippen LogP contribution is -2.59. The quantitative estimate of drug-likeness (QED) is 0.116. The SMILES string of the molecule is CCOC(=O)N[C@@H](C(=O)N[C@@H](Cc1ccccc1)C(=O)N[C@H](C=O)CCCN=C(N)N)C(C)(C)C. The van der Waals surface area contributed by atoms with Crippen LogP contribution >= 0.6 is 0 Å². The van der Waals surface area contributed by atoms with Gasteiger partial charge >= 0.3 is 6.09 Å². The zero-order valence-corrected chi connectivity index (χ0v) is 20.9. The predicted molar refractivity (Wildman–Crippen MR) is 133 cm³/mol. The molecule has 7 N–H and O–H groups in total. The van der Waals surface area contributed by atoms with E-state index in [0.717, 1.165) is 5.56 Å². The fraction of sp³-hybridized carbons (Fsp3) is 0.542. The van der Waals surface area contributed by atoms with E-state index in [-0.39, 0.29) is 19.0 Å². The summed E-state index contributed by atoms with van der Waals surface area (Å²) in [5.41, 5.74) is 10.7. The van der Waals surface area contributed by atoms with Crippen molar-refractivity contribution in [3.8, 4) is 0 Å². The number of aldehydes is 1. The van der Waals surface area contributed by atoms with E-state index in [2.05, 4.69) is 20.9 Å². The maximum atomic E-state index is 13.2. The molecular formula is C24H38N6O5. The first-order valence-electron chi connectivity index (χ1n) is 11.6. The van der Waals surface area contributed by atoms with Crippen LogP contribution in [-0.4, -0.2) is 61.4 Å². The van der Waals surface area contributed by atoms with Crippen molar-refractivity contribution >= 4 is 30.2 Å². The molecule has 1 aromatic rings. The minimum absolute atomic E-state index is 0.0489. The maximum absolute atomic E-state index is 13.2. The standard InChI is InChI=1S/C24H38N6O5/c1-5-35-23(34)30-19(24(2,3)4)21(33)29-18(14-16-10-7-6-8-11-16)20(32)28-17(15-31)12-9-13-27-22(25)26/h6-8,10-11,15,17-19H,5,9,12-14H2,1-4H3,(H,28,32)(H,29,33)(H,30,34)(H4,25,26,27)/t17-,18-,19-/m0/s1. The van der Waals surface area contributed by atoms with E-state index in [9.17, 15) is 19.2 Å². The second-order valence-electron chi connectivity index (χ2n) is 9.11. The largest absolute Gasteiger partial charge is 0.450 e. The van der Waals surface area contributed by atoms with Crippen molar-refractivity contribution < 1.29 is 23.9 Å². The summed E-state index contributed by atoms with van der Waals surface area (Å²) in [6.07, 6.45) is 0.900. The zero-order chi connectivity index (χ0) is 26.4. The Kier molecular flexibility index (Phi) is 12.3. The molecule has 0 aromatic heterocycles. The Morgan fingerprint density at radius 1 is 1.06 bits per heavy atom. The first-order chi connectivity index (χ1) is 16.5. The molecule has 11 nitrogen and oxygen atoms in total. The molecule has 0 bridgehead atoms. The number of hydrogen-bond donors (Lipinski definition) is 5. The minimum atomic E-state index is -0.987. The summed E-state index contributed by atoms with van der Waals surface area (Å²) in [7, 11) is 0. The average Bonchev–Trinajstić information content (AvgIpc) is 2.78. The molecule has 3 amide bonds. The van der Waals surface area contributed by atoms with Gasteiger partial charge in [-0.25, -0.2) is 4.79 Å². The summed E-state index contributed by atoms with van der Waals surface area (Å²) in [6, 6.07) is 6.42. The molecule has 0 heterocycles. The zero-order valence-electron chi connectivity index (χ0n) is 20.9. The number of ether oxygens (including phenoxy) is 1. The Labute approximate surface area is 206 Å². The van der Waals surface area contributed by atoms with Crippen LogP contribution in [0.5, 0.6) is 0 Å². The summed E-state index contributed by atoms with van der Waals surface area (Å²) in [5, 5.41) is 7.98. The van der Waals surface area contributed by atoms with E-state index < -0.39 is 41.4 Å². The molecular weight excluding hydrogens is 452 g/mol. The average molecular weight is 491 g/mol. The van der Waals surface area contributed by atoms with Gasteiger partial charge < -0.3 is 36.9 Å². The molecule has 1 aromatic carbocycles. The normalized spacial score (nSPS) is 13.5.